The fraction of sp³-hybridized carbons (Fsp3) is 0.364. The third-order valence-electron chi connectivity index (χ3n) is 1.99. The van der Waals surface area contributed by atoms with Gasteiger partial charge in [0.2, 0.25) is 0 Å². The summed E-state index contributed by atoms with van der Waals surface area (Å²) in [6.07, 6.45) is -8.40. The van der Waals surface area contributed by atoms with Crippen LogP contribution in [0.5, 0.6) is 5.75 Å². The number of benzene rings is 1. The largest absolute Gasteiger partial charge is 0.573 e. The van der Waals surface area contributed by atoms with Gasteiger partial charge < -0.3 is 9.47 Å². The maximum atomic E-state index is 12.6. The summed E-state index contributed by atoms with van der Waals surface area (Å²) in [7, 11) is 0. The first kappa shape index (κ1) is 15.2. The normalized spacial score (nSPS) is 11.5. The smallest absolute Gasteiger partial charge is 0.462 e. The number of ether oxygens (including phenoxy) is 2. The number of rotatable bonds is 4. The van der Waals surface area contributed by atoms with Crippen LogP contribution in [0.25, 0.3) is 0 Å². The zero-order valence-electron chi connectivity index (χ0n) is 9.63. The molecule has 0 atom stereocenters. The number of esters is 1. The summed E-state index contributed by atoms with van der Waals surface area (Å²) in [6, 6.07) is 2.69. The van der Waals surface area contributed by atoms with E-state index in [1.54, 1.807) is 0 Å². The zero-order chi connectivity index (χ0) is 14.6. The Morgan fingerprint density at radius 1 is 1.32 bits per heavy atom. The number of carbonyl (C=O) groups excluding carboxylic acids is 1. The van der Waals surface area contributed by atoms with Crippen LogP contribution in [0.2, 0.25) is 0 Å². The molecule has 1 rings (SSSR count). The molecule has 0 aliphatic heterocycles. The van der Waals surface area contributed by atoms with Gasteiger partial charge in [0.05, 0.1) is 12.2 Å². The summed E-state index contributed by atoms with van der Waals surface area (Å²) in [5, 5.41) is 0. The summed E-state index contributed by atoms with van der Waals surface area (Å²) in [5.74, 6) is -2.40. The molecule has 0 saturated heterocycles. The highest BCUT2D eigenvalue weighted by Gasteiger charge is 2.35. The lowest BCUT2D eigenvalue weighted by molar-refractivity contribution is -0.275. The topological polar surface area (TPSA) is 35.5 Å². The molecule has 1 aromatic rings. The van der Waals surface area contributed by atoms with E-state index >= 15 is 0 Å². The van der Waals surface area contributed by atoms with Crippen molar-refractivity contribution >= 4 is 5.97 Å². The zero-order valence-corrected chi connectivity index (χ0v) is 9.63. The lowest BCUT2D eigenvalue weighted by atomic mass is 10.1. The van der Waals surface area contributed by atoms with Gasteiger partial charge in [-0.3, -0.25) is 0 Å². The minimum absolute atomic E-state index is 0.108. The van der Waals surface area contributed by atoms with E-state index in [1.165, 1.54) is 6.92 Å². The number of hydrogen-bond acceptors (Lipinski definition) is 3. The Balaban J connectivity index is 3.29. The second kappa shape index (κ2) is 5.85. The van der Waals surface area contributed by atoms with Gasteiger partial charge in [0.25, 0.3) is 6.43 Å². The van der Waals surface area contributed by atoms with Gasteiger partial charge in [0, 0.05) is 0 Å². The quantitative estimate of drug-likeness (QED) is 0.624. The molecule has 0 spiro atoms. The molecule has 0 saturated carbocycles. The van der Waals surface area contributed by atoms with Crippen LogP contribution in [0.15, 0.2) is 18.2 Å². The molecule has 0 aromatic heterocycles. The first-order valence-corrected chi connectivity index (χ1v) is 5.10. The average Bonchev–Trinajstić information content (AvgIpc) is 2.27. The molecular weight excluding hydrogens is 275 g/mol. The molecule has 0 aliphatic carbocycles. The van der Waals surface area contributed by atoms with Gasteiger partial charge in [-0.1, -0.05) is 6.07 Å². The van der Waals surface area contributed by atoms with Crippen molar-refractivity contribution in [3.05, 3.63) is 29.3 Å². The van der Waals surface area contributed by atoms with Crippen LogP contribution in [-0.4, -0.2) is 18.9 Å². The molecule has 106 valence electrons. The van der Waals surface area contributed by atoms with Gasteiger partial charge >= 0.3 is 12.3 Å². The molecule has 3 nitrogen and oxygen atoms in total. The van der Waals surface area contributed by atoms with E-state index in [0.717, 1.165) is 18.2 Å². The lowest BCUT2D eigenvalue weighted by Gasteiger charge is -2.16. The van der Waals surface area contributed by atoms with Gasteiger partial charge in [0.1, 0.15) is 5.56 Å². The lowest BCUT2D eigenvalue weighted by Crippen LogP contribution is -2.21. The first-order chi connectivity index (χ1) is 8.76. The number of halogens is 5. The first-order valence-electron chi connectivity index (χ1n) is 5.10. The molecule has 0 N–H and O–H groups in total. The minimum atomic E-state index is -5.19. The number of para-hydroxylation sites is 1. The van der Waals surface area contributed by atoms with Gasteiger partial charge in [-0.05, 0) is 19.1 Å². The van der Waals surface area contributed by atoms with Crippen molar-refractivity contribution in [2.45, 2.75) is 19.7 Å². The summed E-state index contributed by atoms with van der Waals surface area (Å²) >= 11 is 0. The van der Waals surface area contributed by atoms with E-state index in [-0.39, 0.29) is 6.61 Å². The SMILES string of the molecule is CCOC(=O)c1cccc(C(F)F)c1OC(F)(F)F. The van der Waals surface area contributed by atoms with Crippen LogP contribution < -0.4 is 4.74 Å². The van der Waals surface area contributed by atoms with Crippen molar-refractivity contribution < 1.29 is 36.2 Å². The molecule has 0 aliphatic rings. The molecule has 0 fully saturated rings. The Kier molecular flexibility index (Phi) is 4.68. The predicted octanol–water partition coefficient (Wildman–Crippen LogP) is 3.70. The molecule has 0 unspecified atom stereocenters. The van der Waals surface area contributed by atoms with Gasteiger partial charge in [-0.15, -0.1) is 13.2 Å². The molecule has 8 heteroatoms. The van der Waals surface area contributed by atoms with Crippen LogP contribution in [0.3, 0.4) is 0 Å². The Hall–Kier alpha value is -1.86. The molecule has 1 aromatic carbocycles. The van der Waals surface area contributed by atoms with E-state index in [0.29, 0.717) is 0 Å². The van der Waals surface area contributed by atoms with Gasteiger partial charge in [-0.25, -0.2) is 13.6 Å². The number of carbonyl (C=O) groups is 1. The van der Waals surface area contributed by atoms with Crippen LogP contribution in [0.1, 0.15) is 29.3 Å². The third-order valence-corrected chi connectivity index (χ3v) is 1.99. The summed E-state index contributed by atoms with van der Waals surface area (Å²) in [5.41, 5.74) is -1.72. The van der Waals surface area contributed by atoms with Gasteiger partial charge in [-0.2, -0.15) is 0 Å². The highest BCUT2D eigenvalue weighted by atomic mass is 19.4. The Bertz CT molecular complexity index is 456. The number of hydrogen-bond donors (Lipinski definition) is 0. The highest BCUT2D eigenvalue weighted by Crippen LogP contribution is 2.36. The van der Waals surface area contributed by atoms with Crippen molar-refractivity contribution in [1.29, 1.82) is 0 Å². The fourth-order valence-corrected chi connectivity index (χ4v) is 1.33. The monoisotopic (exact) mass is 284 g/mol. The molecule has 0 heterocycles. The number of alkyl halides is 5. The Labute approximate surface area is 104 Å². The molecule has 0 radical (unpaired) electrons. The van der Waals surface area contributed by atoms with Crippen LogP contribution in [0.4, 0.5) is 22.0 Å². The maximum absolute atomic E-state index is 12.6. The van der Waals surface area contributed by atoms with E-state index < -0.39 is 35.6 Å². The van der Waals surface area contributed by atoms with Crippen LogP contribution in [-0.2, 0) is 4.74 Å². The second-order valence-corrected chi connectivity index (χ2v) is 3.29. The average molecular weight is 284 g/mol. The molecule has 19 heavy (non-hydrogen) atoms. The van der Waals surface area contributed by atoms with Crippen LogP contribution >= 0.6 is 0 Å². The maximum Gasteiger partial charge on any atom is 0.573 e. The fourth-order valence-electron chi connectivity index (χ4n) is 1.33. The van der Waals surface area contributed by atoms with Crippen LogP contribution in [0, 0.1) is 0 Å². The minimum Gasteiger partial charge on any atom is -0.462 e. The van der Waals surface area contributed by atoms with Crippen molar-refractivity contribution in [1.82, 2.24) is 0 Å². The van der Waals surface area contributed by atoms with Crippen molar-refractivity contribution in [2.75, 3.05) is 6.61 Å². The molecule has 0 bridgehead atoms. The third kappa shape index (κ3) is 4.08. The predicted molar refractivity (Wildman–Crippen MR) is 54.0 cm³/mol. The van der Waals surface area contributed by atoms with Crippen molar-refractivity contribution in [2.24, 2.45) is 0 Å². The van der Waals surface area contributed by atoms with E-state index in [1.807, 2.05) is 0 Å². The van der Waals surface area contributed by atoms with Crippen molar-refractivity contribution in [3.8, 4) is 5.75 Å². The molecular formula is C11H9F5O3. The second-order valence-electron chi connectivity index (χ2n) is 3.29. The van der Waals surface area contributed by atoms with Gasteiger partial charge in [0.15, 0.2) is 5.75 Å². The summed E-state index contributed by atoms with van der Waals surface area (Å²) in [4.78, 5) is 11.4. The Morgan fingerprint density at radius 2 is 1.95 bits per heavy atom. The van der Waals surface area contributed by atoms with E-state index in [2.05, 4.69) is 9.47 Å². The van der Waals surface area contributed by atoms with E-state index in [4.69, 9.17) is 0 Å². The summed E-state index contributed by atoms with van der Waals surface area (Å²) in [6.45, 7) is 1.32. The van der Waals surface area contributed by atoms with Crippen molar-refractivity contribution in [3.63, 3.8) is 0 Å². The van der Waals surface area contributed by atoms with E-state index in [9.17, 15) is 26.7 Å². The standard InChI is InChI=1S/C11H9F5O3/c1-2-18-10(17)7-5-3-4-6(9(12)13)8(7)19-11(14,15)16/h3-5,9H,2H2,1H3. The highest BCUT2D eigenvalue weighted by molar-refractivity contribution is 5.93. The summed E-state index contributed by atoms with van der Waals surface area (Å²) < 4.78 is 69.8. The molecule has 0 amide bonds. The Morgan fingerprint density at radius 3 is 2.42 bits per heavy atom.